The monoisotopic (exact) mass is 326 g/mol. The highest BCUT2D eigenvalue weighted by atomic mass is 35.5. The third-order valence-corrected chi connectivity index (χ3v) is 3.97. The molecule has 2 rings (SSSR count). The van der Waals surface area contributed by atoms with Crippen LogP contribution in [0.2, 0.25) is 5.02 Å². The van der Waals surface area contributed by atoms with Gasteiger partial charge in [0.1, 0.15) is 6.61 Å². The fourth-order valence-electron chi connectivity index (χ4n) is 2.53. The number of carbonyl (C=O) groups excluding carboxylic acids is 1. The third kappa shape index (κ3) is 4.68. The first-order chi connectivity index (χ1) is 10.7. The van der Waals surface area contributed by atoms with Gasteiger partial charge in [-0.25, -0.2) is 0 Å². The summed E-state index contributed by atoms with van der Waals surface area (Å²) in [6, 6.07) is 7.61. The number of ether oxygens (including phenoxy) is 2. The van der Waals surface area contributed by atoms with E-state index in [1.54, 1.807) is 0 Å². The van der Waals surface area contributed by atoms with E-state index in [-0.39, 0.29) is 18.6 Å². The van der Waals surface area contributed by atoms with Gasteiger partial charge in [0.15, 0.2) is 0 Å². The summed E-state index contributed by atoms with van der Waals surface area (Å²) in [6.45, 7) is 5.75. The van der Waals surface area contributed by atoms with Crippen molar-refractivity contribution in [2.24, 2.45) is 0 Å². The lowest BCUT2D eigenvalue weighted by Gasteiger charge is -2.37. The number of amides is 1. The van der Waals surface area contributed by atoms with Crippen molar-refractivity contribution in [2.45, 2.75) is 13.0 Å². The fraction of sp³-hybridized carbons (Fsp3) is 0.562. The summed E-state index contributed by atoms with van der Waals surface area (Å²) in [4.78, 5) is 14.3. The molecule has 0 saturated carbocycles. The molecule has 1 aliphatic heterocycles. The number of nitrogens with one attached hydrogen (secondary N) is 1. The largest absolute Gasteiger partial charge is 0.379 e. The predicted molar refractivity (Wildman–Crippen MR) is 86.1 cm³/mol. The average molecular weight is 327 g/mol. The molecule has 1 aromatic rings. The Bertz CT molecular complexity index is 484. The number of carbonyl (C=O) groups is 1. The number of piperazine rings is 1. The highest BCUT2D eigenvalue weighted by Crippen LogP contribution is 2.28. The van der Waals surface area contributed by atoms with Crippen molar-refractivity contribution in [3.8, 4) is 0 Å². The van der Waals surface area contributed by atoms with Crippen molar-refractivity contribution in [1.82, 2.24) is 10.2 Å². The van der Waals surface area contributed by atoms with Gasteiger partial charge < -0.3 is 19.7 Å². The van der Waals surface area contributed by atoms with Crippen molar-refractivity contribution in [1.29, 1.82) is 0 Å². The molecule has 0 aromatic heterocycles. The minimum absolute atomic E-state index is 0.0112. The van der Waals surface area contributed by atoms with Gasteiger partial charge in [-0.2, -0.15) is 0 Å². The molecule has 0 aliphatic carbocycles. The number of hydrogen-bond acceptors (Lipinski definition) is 4. The summed E-state index contributed by atoms with van der Waals surface area (Å²) in [6.07, 6.45) is 0. The number of halogens is 1. The molecule has 0 radical (unpaired) electrons. The minimum Gasteiger partial charge on any atom is -0.379 e. The van der Waals surface area contributed by atoms with Gasteiger partial charge in [-0.1, -0.05) is 29.8 Å². The Balaban J connectivity index is 1.95. The summed E-state index contributed by atoms with van der Waals surface area (Å²) in [7, 11) is 0. The van der Waals surface area contributed by atoms with Gasteiger partial charge in [-0.3, -0.25) is 4.79 Å². The Hall–Kier alpha value is -1.14. The molecule has 1 amide bonds. The zero-order valence-electron chi connectivity index (χ0n) is 12.9. The standard InChI is InChI=1S/C16H23ClN2O3/c1-2-21-9-10-22-12-16(20)19-8-7-18-11-15(19)13-5-3-4-6-14(13)17/h3-6,15,18H,2,7-12H2,1H3. The van der Waals surface area contributed by atoms with Crippen molar-refractivity contribution in [3.05, 3.63) is 34.9 Å². The van der Waals surface area contributed by atoms with Gasteiger partial charge in [0.25, 0.3) is 0 Å². The van der Waals surface area contributed by atoms with E-state index in [1.807, 2.05) is 36.1 Å². The maximum Gasteiger partial charge on any atom is 0.249 e. The van der Waals surface area contributed by atoms with Crippen LogP contribution in [0.5, 0.6) is 0 Å². The van der Waals surface area contributed by atoms with Gasteiger partial charge >= 0.3 is 0 Å². The SMILES string of the molecule is CCOCCOCC(=O)N1CCNCC1c1ccccc1Cl. The molecule has 122 valence electrons. The maximum atomic E-state index is 12.4. The topological polar surface area (TPSA) is 50.8 Å². The molecular formula is C16H23ClN2O3. The molecule has 1 fully saturated rings. The van der Waals surface area contributed by atoms with Crippen molar-refractivity contribution < 1.29 is 14.3 Å². The second kappa shape index (κ2) is 9.10. The van der Waals surface area contributed by atoms with Crippen molar-refractivity contribution >= 4 is 17.5 Å². The first kappa shape index (κ1) is 17.2. The second-order valence-electron chi connectivity index (χ2n) is 5.08. The van der Waals surface area contributed by atoms with E-state index in [0.717, 1.165) is 12.1 Å². The van der Waals surface area contributed by atoms with E-state index in [9.17, 15) is 4.79 Å². The Morgan fingerprint density at radius 2 is 2.14 bits per heavy atom. The Morgan fingerprint density at radius 1 is 1.36 bits per heavy atom. The summed E-state index contributed by atoms with van der Waals surface area (Å²) < 4.78 is 10.6. The lowest BCUT2D eigenvalue weighted by Crippen LogP contribution is -2.49. The number of benzene rings is 1. The van der Waals surface area contributed by atoms with Crippen molar-refractivity contribution in [3.63, 3.8) is 0 Å². The van der Waals surface area contributed by atoms with E-state index < -0.39 is 0 Å². The van der Waals surface area contributed by atoms with Gasteiger partial charge in [0.05, 0.1) is 19.3 Å². The fourth-order valence-corrected chi connectivity index (χ4v) is 2.79. The Morgan fingerprint density at radius 3 is 2.91 bits per heavy atom. The summed E-state index contributed by atoms with van der Waals surface area (Å²) in [5, 5.41) is 4.00. The number of rotatable bonds is 7. The lowest BCUT2D eigenvalue weighted by atomic mass is 10.0. The van der Waals surface area contributed by atoms with Crippen LogP contribution in [0.3, 0.4) is 0 Å². The minimum atomic E-state index is -0.0505. The van der Waals surface area contributed by atoms with Crippen LogP contribution in [0.25, 0.3) is 0 Å². The molecule has 1 aromatic carbocycles. The quantitative estimate of drug-likeness (QED) is 0.777. The van der Waals surface area contributed by atoms with Crippen LogP contribution in [0.4, 0.5) is 0 Å². The van der Waals surface area contributed by atoms with Crippen LogP contribution in [-0.2, 0) is 14.3 Å². The van der Waals surface area contributed by atoms with Gasteiger partial charge in [0, 0.05) is 31.3 Å². The van der Waals surface area contributed by atoms with E-state index in [0.29, 0.717) is 37.9 Å². The predicted octanol–water partition coefficient (Wildman–Crippen LogP) is 1.87. The van der Waals surface area contributed by atoms with Crippen molar-refractivity contribution in [2.75, 3.05) is 46.1 Å². The van der Waals surface area contributed by atoms with Crippen LogP contribution in [0, 0.1) is 0 Å². The highest BCUT2D eigenvalue weighted by Gasteiger charge is 2.28. The van der Waals surface area contributed by atoms with E-state index in [2.05, 4.69) is 5.32 Å². The maximum absolute atomic E-state index is 12.4. The first-order valence-corrected chi connectivity index (χ1v) is 8.02. The molecule has 1 N–H and O–H groups in total. The lowest BCUT2D eigenvalue weighted by molar-refractivity contribution is -0.140. The third-order valence-electron chi connectivity index (χ3n) is 3.63. The van der Waals surface area contributed by atoms with Crippen LogP contribution < -0.4 is 5.32 Å². The first-order valence-electron chi connectivity index (χ1n) is 7.64. The molecule has 1 aliphatic rings. The van der Waals surface area contributed by atoms with Gasteiger partial charge in [-0.15, -0.1) is 0 Å². The average Bonchev–Trinajstić information content (AvgIpc) is 2.55. The highest BCUT2D eigenvalue weighted by molar-refractivity contribution is 6.31. The summed E-state index contributed by atoms with van der Waals surface area (Å²) >= 11 is 6.28. The van der Waals surface area contributed by atoms with Crippen LogP contribution in [0.15, 0.2) is 24.3 Å². The normalized spacial score (nSPS) is 18.5. The molecule has 1 unspecified atom stereocenters. The zero-order chi connectivity index (χ0) is 15.8. The van der Waals surface area contributed by atoms with Crippen LogP contribution >= 0.6 is 11.6 Å². The number of hydrogen-bond donors (Lipinski definition) is 1. The molecule has 0 bridgehead atoms. The van der Waals surface area contributed by atoms with E-state index in [1.165, 1.54) is 0 Å². The Labute approximate surface area is 136 Å². The van der Waals surface area contributed by atoms with Gasteiger partial charge in [-0.05, 0) is 18.6 Å². The Kier molecular flexibility index (Phi) is 7.12. The van der Waals surface area contributed by atoms with Gasteiger partial charge in [0.2, 0.25) is 5.91 Å². The second-order valence-corrected chi connectivity index (χ2v) is 5.49. The molecule has 1 heterocycles. The summed E-state index contributed by atoms with van der Waals surface area (Å²) in [5.74, 6) is -0.0112. The number of nitrogens with zero attached hydrogens (tertiary/aromatic N) is 1. The zero-order valence-corrected chi connectivity index (χ0v) is 13.6. The van der Waals surface area contributed by atoms with Crippen LogP contribution in [0.1, 0.15) is 18.5 Å². The van der Waals surface area contributed by atoms with Crippen LogP contribution in [-0.4, -0.2) is 56.9 Å². The smallest absolute Gasteiger partial charge is 0.249 e. The molecule has 5 nitrogen and oxygen atoms in total. The summed E-state index contributed by atoms with van der Waals surface area (Å²) in [5.41, 5.74) is 0.971. The molecular weight excluding hydrogens is 304 g/mol. The molecule has 0 spiro atoms. The molecule has 6 heteroatoms. The molecule has 1 atom stereocenters. The van der Waals surface area contributed by atoms with E-state index >= 15 is 0 Å². The van der Waals surface area contributed by atoms with E-state index in [4.69, 9.17) is 21.1 Å². The molecule has 22 heavy (non-hydrogen) atoms. The molecule has 1 saturated heterocycles.